The van der Waals surface area contributed by atoms with Crippen LogP contribution in [0.3, 0.4) is 0 Å². The number of benzene rings is 1. The number of piperidine rings is 1. The lowest BCUT2D eigenvalue weighted by Crippen LogP contribution is -2.74. The molecule has 0 saturated carbocycles. The van der Waals surface area contributed by atoms with E-state index in [-0.39, 0.29) is 36.2 Å². The SMILES string of the molecule is CC(=O)C[C@@H](CC(=O)O)C(=O)OC1=CC[C@@]2(O)[C@H]3Cc4ccc(O)c5c4[C@@]2(CCN3C)[C@H]1O5. The molecule has 1 fully saturated rings. The summed E-state index contributed by atoms with van der Waals surface area (Å²) in [6, 6.07) is 3.26. The van der Waals surface area contributed by atoms with Gasteiger partial charge in [0.05, 0.1) is 23.4 Å². The van der Waals surface area contributed by atoms with E-state index in [0.717, 1.165) is 11.1 Å². The monoisotopic (exact) mass is 457 g/mol. The molecule has 0 aromatic heterocycles. The summed E-state index contributed by atoms with van der Waals surface area (Å²) in [5.74, 6) is -3.00. The van der Waals surface area contributed by atoms with Crippen molar-refractivity contribution in [1.29, 1.82) is 0 Å². The van der Waals surface area contributed by atoms with Crippen LogP contribution in [0.2, 0.25) is 0 Å². The number of ketones is 1. The number of nitrogens with zero attached hydrogens (tertiary/aromatic N) is 1. The summed E-state index contributed by atoms with van der Waals surface area (Å²) in [6.45, 7) is 1.98. The Morgan fingerprint density at radius 2 is 2.06 bits per heavy atom. The number of esters is 1. The Labute approximate surface area is 190 Å². The first-order chi connectivity index (χ1) is 15.6. The van der Waals surface area contributed by atoms with Crippen molar-refractivity contribution < 1.29 is 39.2 Å². The largest absolute Gasteiger partial charge is 0.504 e. The van der Waals surface area contributed by atoms with E-state index < -0.39 is 41.4 Å². The maximum atomic E-state index is 12.9. The van der Waals surface area contributed by atoms with Gasteiger partial charge in [0.2, 0.25) is 0 Å². The molecule has 0 amide bonds. The highest BCUT2D eigenvalue weighted by Gasteiger charge is 2.72. The number of aromatic hydroxyl groups is 1. The van der Waals surface area contributed by atoms with Gasteiger partial charge in [-0.25, -0.2) is 0 Å². The third-order valence-corrected chi connectivity index (χ3v) is 7.86. The Morgan fingerprint density at radius 3 is 2.76 bits per heavy atom. The van der Waals surface area contributed by atoms with E-state index in [1.165, 1.54) is 6.92 Å². The minimum atomic E-state index is -1.20. The van der Waals surface area contributed by atoms with Crippen LogP contribution in [0.4, 0.5) is 0 Å². The maximum absolute atomic E-state index is 12.9. The molecular formula is C24H27NO8. The van der Waals surface area contributed by atoms with E-state index in [1.54, 1.807) is 12.1 Å². The summed E-state index contributed by atoms with van der Waals surface area (Å²) in [6.07, 6.45) is 1.38. The summed E-state index contributed by atoms with van der Waals surface area (Å²) in [7, 11) is 1.98. The smallest absolute Gasteiger partial charge is 0.315 e. The Bertz CT molecular complexity index is 1080. The van der Waals surface area contributed by atoms with Crippen LogP contribution in [0.1, 0.15) is 43.7 Å². The summed E-state index contributed by atoms with van der Waals surface area (Å²) in [5.41, 5.74) is -0.336. The second kappa shape index (κ2) is 7.30. The van der Waals surface area contributed by atoms with Crippen molar-refractivity contribution in [3.8, 4) is 11.5 Å². The van der Waals surface area contributed by atoms with Crippen molar-refractivity contribution in [2.75, 3.05) is 13.6 Å². The molecule has 33 heavy (non-hydrogen) atoms. The number of phenolic OH excluding ortho intramolecular Hbond substituents is 1. The van der Waals surface area contributed by atoms with Crippen LogP contribution < -0.4 is 4.74 Å². The van der Waals surface area contributed by atoms with Gasteiger partial charge in [0.1, 0.15) is 11.5 Å². The summed E-state index contributed by atoms with van der Waals surface area (Å²) in [5, 5.41) is 31.8. The molecule has 9 nitrogen and oxygen atoms in total. The van der Waals surface area contributed by atoms with Gasteiger partial charge in [0.15, 0.2) is 17.6 Å². The molecule has 2 bridgehead atoms. The number of likely N-dealkylation sites (N-methyl/N-ethyl adjacent to an activating group) is 1. The van der Waals surface area contributed by atoms with Gasteiger partial charge in [0.25, 0.3) is 0 Å². The molecule has 0 unspecified atom stereocenters. The van der Waals surface area contributed by atoms with Crippen molar-refractivity contribution in [2.24, 2.45) is 5.92 Å². The Balaban J connectivity index is 1.56. The molecule has 1 aromatic rings. The number of carboxylic acid groups (broad SMARTS) is 1. The third kappa shape index (κ3) is 2.95. The van der Waals surface area contributed by atoms with Gasteiger partial charge in [-0.05, 0) is 51.1 Å². The first kappa shape index (κ1) is 21.9. The van der Waals surface area contributed by atoms with Crippen LogP contribution in [-0.2, 0) is 31.0 Å². The Morgan fingerprint density at radius 1 is 1.30 bits per heavy atom. The first-order valence-electron chi connectivity index (χ1n) is 11.2. The zero-order chi connectivity index (χ0) is 23.7. The zero-order valence-corrected chi connectivity index (χ0v) is 18.5. The van der Waals surface area contributed by atoms with Crippen LogP contribution in [0.15, 0.2) is 24.0 Å². The van der Waals surface area contributed by atoms with E-state index in [2.05, 4.69) is 4.90 Å². The highest BCUT2D eigenvalue weighted by molar-refractivity contribution is 5.86. The fourth-order valence-electron chi connectivity index (χ4n) is 6.43. The fraction of sp³-hybridized carbons (Fsp3) is 0.542. The second-order valence-corrected chi connectivity index (χ2v) is 9.72. The van der Waals surface area contributed by atoms with Crippen LogP contribution in [0.5, 0.6) is 11.5 Å². The van der Waals surface area contributed by atoms with Gasteiger partial charge >= 0.3 is 11.9 Å². The van der Waals surface area contributed by atoms with Gasteiger partial charge in [-0.15, -0.1) is 0 Å². The molecule has 4 aliphatic rings. The van der Waals surface area contributed by atoms with Gasteiger partial charge < -0.3 is 34.5 Å². The maximum Gasteiger partial charge on any atom is 0.315 e. The number of carboxylic acids is 1. The number of aliphatic carboxylic acids is 1. The highest BCUT2D eigenvalue weighted by Crippen LogP contribution is 2.65. The summed E-state index contributed by atoms with van der Waals surface area (Å²) >= 11 is 0. The van der Waals surface area contributed by atoms with Crippen molar-refractivity contribution in [3.05, 3.63) is 35.1 Å². The Kier molecular flexibility index (Phi) is 4.84. The molecule has 1 saturated heterocycles. The lowest BCUT2D eigenvalue weighted by molar-refractivity contribution is -0.171. The lowest BCUT2D eigenvalue weighted by Gasteiger charge is -2.61. The zero-order valence-electron chi connectivity index (χ0n) is 18.5. The van der Waals surface area contributed by atoms with Crippen molar-refractivity contribution >= 4 is 17.7 Å². The topological polar surface area (TPSA) is 134 Å². The number of aliphatic hydroxyl groups is 1. The van der Waals surface area contributed by atoms with Gasteiger partial charge in [-0.3, -0.25) is 9.59 Å². The quantitative estimate of drug-likeness (QED) is 0.540. The number of carbonyl (C=O) groups excluding carboxylic acids is 2. The van der Waals surface area contributed by atoms with E-state index in [4.69, 9.17) is 9.47 Å². The van der Waals surface area contributed by atoms with Crippen molar-refractivity contribution in [3.63, 3.8) is 0 Å². The normalized spacial score (nSPS) is 32.3. The number of carbonyl (C=O) groups is 3. The average Bonchev–Trinajstić information content (AvgIpc) is 3.09. The number of phenols is 1. The molecule has 1 aromatic carbocycles. The summed E-state index contributed by atoms with van der Waals surface area (Å²) < 4.78 is 11.9. The van der Waals surface area contributed by atoms with Crippen LogP contribution in [0.25, 0.3) is 0 Å². The minimum Gasteiger partial charge on any atom is -0.504 e. The molecule has 1 spiro atoms. The number of hydrogen-bond donors (Lipinski definition) is 3. The van der Waals surface area contributed by atoms with Crippen LogP contribution in [0, 0.1) is 5.92 Å². The number of Topliss-reactive ketones (excluding diaryl/α,β-unsaturated/α-hetero) is 1. The number of ether oxygens (including phenoxy) is 2. The molecule has 0 radical (unpaired) electrons. The molecular weight excluding hydrogens is 430 g/mol. The van der Waals surface area contributed by atoms with Crippen molar-refractivity contribution in [1.82, 2.24) is 4.90 Å². The highest BCUT2D eigenvalue weighted by atomic mass is 16.6. The van der Waals surface area contributed by atoms with E-state index in [1.807, 2.05) is 13.1 Å². The minimum absolute atomic E-state index is 0.0386. The molecule has 9 heteroatoms. The lowest BCUT2D eigenvalue weighted by atomic mass is 9.50. The number of hydrogen-bond acceptors (Lipinski definition) is 8. The molecule has 5 rings (SSSR count). The molecule has 2 aliphatic carbocycles. The fourth-order valence-corrected chi connectivity index (χ4v) is 6.43. The molecule has 3 N–H and O–H groups in total. The van der Waals surface area contributed by atoms with Gasteiger partial charge in [-0.1, -0.05) is 6.07 Å². The van der Waals surface area contributed by atoms with Gasteiger partial charge in [-0.2, -0.15) is 0 Å². The van der Waals surface area contributed by atoms with Gasteiger partial charge in [0, 0.05) is 24.4 Å². The molecule has 176 valence electrons. The number of likely N-dealkylation sites (tertiary alicyclic amines) is 1. The molecule has 2 heterocycles. The second-order valence-electron chi connectivity index (χ2n) is 9.72. The number of rotatable bonds is 6. The third-order valence-electron chi connectivity index (χ3n) is 7.86. The predicted octanol–water partition coefficient (Wildman–Crippen LogP) is 1.28. The van der Waals surface area contributed by atoms with E-state index in [0.29, 0.717) is 25.1 Å². The Hall–Kier alpha value is -2.91. The standard InChI is InChI=1S/C24H27NO8/c1-12(26)9-14(11-18(28)29)22(30)32-16-5-6-24(31)17-10-13-3-4-15(27)20-19(13)23(24,21(16)33-20)7-8-25(17)2/h3-5,14,17,21,27,31H,6-11H2,1-2H3,(H,28,29)/t14-,17+,21-,23-,24+/m0/s1. The first-order valence-corrected chi connectivity index (χ1v) is 11.2. The van der Waals surface area contributed by atoms with Crippen LogP contribution >= 0.6 is 0 Å². The van der Waals surface area contributed by atoms with E-state index in [9.17, 15) is 29.7 Å². The molecule has 2 aliphatic heterocycles. The molecule has 5 atom stereocenters. The van der Waals surface area contributed by atoms with Crippen LogP contribution in [-0.4, -0.2) is 69.3 Å². The van der Waals surface area contributed by atoms with E-state index >= 15 is 0 Å². The predicted molar refractivity (Wildman–Crippen MR) is 114 cm³/mol. The summed E-state index contributed by atoms with van der Waals surface area (Å²) in [4.78, 5) is 37.9. The average molecular weight is 457 g/mol. The van der Waals surface area contributed by atoms with Crippen molar-refractivity contribution in [2.45, 2.75) is 62.2 Å².